The van der Waals surface area contributed by atoms with Crippen molar-refractivity contribution in [1.82, 2.24) is 0 Å². The van der Waals surface area contributed by atoms with Crippen molar-refractivity contribution in [2.45, 2.75) is 63.7 Å². The van der Waals surface area contributed by atoms with Gasteiger partial charge in [0.1, 0.15) is 17.2 Å². The van der Waals surface area contributed by atoms with E-state index in [4.69, 9.17) is 0 Å². The molecule has 0 amide bonds. The van der Waals surface area contributed by atoms with Gasteiger partial charge in [0.05, 0.1) is 0 Å². The highest BCUT2D eigenvalue weighted by Gasteiger charge is 2.19. The second-order valence-electron chi connectivity index (χ2n) is 8.31. The summed E-state index contributed by atoms with van der Waals surface area (Å²) in [6, 6.07) is 22.5. The van der Waals surface area contributed by atoms with Crippen molar-refractivity contribution in [3.8, 4) is 17.2 Å². The molecule has 0 unspecified atom stereocenters. The van der Waals surface area contributed by atoms with Crippen molar-refractivity contribution >= 4 is 0 Å². The largest absolute Gasteiger partial charge is 0.508 e. The summed E-state index contributed by atoms with van der Waals surface area (Å²) in [5, 5.41) is 30.5. The number of benzene rings is 3. The zero-order valence-electron chi connectivity index (χ0n) is 18.2. The Labute approximate surface area is 186 Å². The van der Waals surface area contributed by atoms with Gasteiger partial charge in [-0.3, -0.25) is 0 Å². The number of unbranched alkanes of at least 4 members (excludes halogenated alkanes) is 6. The number of phenols is 3. The average molecular weight is 419 g/mol. The van der Waals surface area contributed by atoms with Crippen LogP contribution in [-0.2, 0) is 6.42 Å². The van der Waals surface area contributed by atoms with Crippen LogP contribution >= 0.6 is 0 Å². The molecular formula is C28H34O3. The molecule has 0 aliphatic rings. The maximum absolute atomic E-state index is 10.4. The van der Waals surface area contributed by atoms with E-state index in [1.54, 1.807) is 18.2 Å². The molecule has 3 aromatic rings. The van der Waals surface area contributed by atoms with Gasteiger partial charge in [-0.2, -0.15) is 0 Å². The van der Waals surface area contributed by atoms with Gasteiger partial charge in [-0.15, -0.1) is 0 Å². The molecule has 3 N–H and O–H groups in total. The number of para-hydroxylation sites is 3. The van der Waals surface area contributed by atoms with Crippen LogP contribution in [0.25, 0.3) is 0 Å². The van der Waals surface area contributed by atoms with Crippen LogP contribution < -0.4 is 0 Å². The molecule has 0 fully saturated rings. The summed E-state index contributed by atoms with van der Waals surface area (Å²) < 4.78 is 0. The van der Waals surface area contributed by atoms with E-state index in [-0.39, 0.29) is 5.92 Å². The topological polar surface area (TPSA) is 60.7 Å². The van der Waals surface area contributed by atoms with Crippen molar-refractivity contribution in [2.75, 3.05) is 0 Å². The van der Waals surface area contributed by atoms with Crippen molar-refractivity contribution in [2.24, 2.45) is 0 Å². The van der Waals surface area contributed by atoms with Crippen LogP contribution in [0, 0.1) is 0 Å². The highest BCUT2D eigenvalue weighted by Crippen LogP contribution is 2.38. The van der Waals surface area contributed by atoms with E-state index >= 15 is 0 Å². The number of rotatable bonds is 12. The predicted molar refractivity (Wildman–Crippen MR) is 127 cm³/mol. The van der Waals surface area contributed by atoms with Gasteiger partial charge < -0.3 is 15.3 Å². The molecule has 0 spiro atoms. The van der Waals surface area contributed by atoms with Gasteiger partial charge in [-0.1, -0.05) is 93.1 Å². The van der Waals surface area contributed by atoms with Gasteiger partial charge in [-0.05, 0) is 43.0 Å². The van der Waals surface area contributed by atoms with E-state index in [0.29, 0.717) is 17.2 Å². The zero-order valence-corrected chi connectivity index (χ0v) is 18.2. The Balaban J connectivity index is 1.40. The quantitative estimate of drug-likeness (QED) is 0.270. The van der Waals surface area contributed by atoms with Gasteiger partial charge in [0.25, 0.3) is 0 Å². The summed E-state index contributed by atoms with van der Waals surface area (Å²) in [6.45, 7) is 0. The van der Waals surface area contributed by atoms with Crippen molar-refractivity contribution in [3.05, 3.63) is 89.5 Å². The molecule has 0 aliphatic carbocycles. The Hall–Kier alpha value is -2.94. The van der Waals surface area contributed by atoms with E-state index in [9.17, 15) is 15.3 Å². The van der Waals surface area contributed by atoms with Crippen LogP contribution in [-0.4, -0.2) is 15.3 Å². The molecule has 3 heteroatoms. The number of phenolic OH excluding ortho intramolecular Hbond substituents is 3. The summed E-state index contributed by atoms with van der Waals surface area (Å²) in [5.74, 6) is 0.993. The Morgan fingerprint density at radius 3 is 1.48 bits per heavy atom. The number of aryl methyl sites for hydroxylation is 1. The molecule has 0 aromatic heterocycles. The summed E-state index contributed by atoms with van der Waals surface area (Å²) in [4.78, 5) is 0. The SMILES string of the molecule is Oc1ccccc1CCCCCCCCCC(c1ccccc1O)c1ccccc1O. The molecule has 164 valence electrons. The molecule has 0 atom stereocenters. The minimum absolute atomic E-state index is 0.000880. The monoisotopic (exact) mass is 418 g/mol. The zero-order chi connectivity index (χ0) is 21.9. The smallest absolute Gasteiger partial charge is 0.119 e. The minimum atomic E-state index is 0.000880. The van der Waals surface area contributed by atoms with Crippen LogP contribution in [0.4, 0.5) is 0 Å². The molecule has 0 saturated carbocycles. The Morgan fingerprint density at radius 1 is 0.484 bits per heavy atom. The van der Waals surface area contributed by atoms with Crippen LogP contribution in [0.1, 0.15) is 74.0 Å². The van der Waals surface area contributed by atoms with E-state index in [2.05, 4.69) is 0 Å². The van der Waals surface area contributed by atoms with Gasteiger partial charge >= 0.3 is 0 Å². The number of hydrogen-bond acceptors (Lipinski definition) is 3. The standard InChI is InChI=1S/C28H34O3/c29-26-19-11-8-15-22(26)14-6-4-2-1-3-5-7-16-23(24-17-9-12-20-27(24)30)25-18-10-13-21-28(25)31/h8-13,15,17-21,23,29-31H,1-7,14,16H2. The lowest BCUT2D eigenvalue weighted by atomic mass is 9.85. The van der Waals surface area contributed by atoms with Crippen LogP contribution in [0.2, 0.25) is 0 Å². The molecule has 3 nitrogen and oxygen atoms in total. The van der Waals surface area contributed by atoms with E-state index in [1.807, 2.05) is 54.6 Å². The first-order valence-corrected chi connectivity index (χ1v) is 11.5. The lowest BCUT2D eigenvalue weighted by Gasteiger charge is -2.20. The second kappa shape index (κ2) is 12.0. The first-order valence-electron chi connectivity index (χ1n) is 11.5. The van der Waals surface area contributed by atoms with Crippen molar-refractivity contribution in [1.29, 1.82) is 0 Å². The summed E-state index contributed by atoms with van der Waals surface area (Å²) in [7, 11) is 0. The van der Waals surface area contributed by atoms with Gasteiger partial charge in [-0.25, -0.2) is 0 Å². The normalized spacial score (nSPS) is 11.1. The van der Waals surface area contributed by atoms with Gasteiger partial charge in [0.2, 0.25) is 0 Å². The lowest BCUT2D eigenvalue weighted by Crippen LogP contribution is -2.02. The molecule has 0 bridgehead atoms. The third-order valence-corrected chi connectivity index (χ3v) is 6.05. The first kappa shape index (κ1) is 22.7. The molecule has 0 saturated heterocycles. The average Bonchev–Trinajstić information content (AvgIpc) is 2.78. The highest BCUT2D eigenvalue weighted by atomic mass is 16.3. The summed E-state index contributed by atoms with van der Waals surface area (Å²) in [6.07, 6.45) is 9.99. The summed E-state index contributed by atoms with van der Waals surface area (Å²) >= 11 is 0. The van der Waals surface area contributed by atoms with E-state index in [1.165, 1.54) is 25.7 Å². The Bertz CT molecular complexity index is 889. The molecule has 0 heterocycles. The van der Waals surface area contributed by atoms with Crippen molar-refractivity contribution < 1.29 is 15.3 Å². The maximum Gasteiger partial charge on any atom is 0.119 e. The lowest BCUT2D eigenvalue weighted by molar-refractivity contribution is 0.447. The third kappa shape index (κ3) is 6.78. The van der Waals surface area contributed by atoms with Gasteiger partial charge in [0, 0.05) is 17.0 Å². The fourth-order valence-corrected chi connectivity index (χ4v) is 4.31. The molecule has 0 radical (unpaired) electrons. The van der Waals surface area contributed by atoms with Crippen molar-refractivity contribution in [3.63, 3.8) is 0 Å². The minimum Gasteiger partial charge on any atom is -0.508 e. The molecule has 3 rings (SSSR count). The molecule has 0 aliphatic heterocycles. The Kier molecular flexibility index (Phi) is 8.84. The van der Waals surface area contributed by atoms with Crippen LogP contribution in [0.3, 0.4) is 0 Å². The predicted octanol–water partition coefficient (Wildman–Crippen LogP) is 7.30. The van der Waals surface area contributed by atoms with Gasteiger partial charge in [0.15, 0.2) is 0 Å². The fourth-order valence-electron chi connectivity index (χ4n) is 4.31. The van der Waals surface area contributed by atoms with Crippen LogP contribution in [0.15, 0.2) is 72.8 Å². The first-order chi connectivity index (χ1) is 15.2. The third-order valence-electron chi connectivity index (χ3n) is 6.05. The molecule has 31 heavy (non-hydrogen) atoms. The molecule has 3 aromatic carbocycles. The second-order valence-corrected chi connectivity index (χ2v) is 8.31. The Morgan fingerprint density at radius 2 is 0.935 bits per heavy atom. The fraction of sp³-hybridized carbons (Fsp3) is 0.357. The summed E-state index contributed by atoms with van der Waals surface area (Å²) in [5.41, 5.74) is 2.81. The highest BCUT2D eigenvalue weighted by molar-refractivity contribution is 5.45. The maximum atomic E-state index is 10.4. The van der Waals surface area contributed by atoms with E-state index < -0.39 is 0 Å². The molecular weight excluding hydrogens is 384 g/mol. The van der Waals surface area contributed by atoms with E-state index in [0.717, 1.165) is 48.8 Å². The van der Waals surface area contributed by atoms with Crippen LogP contribution in [0.5, 0.6) is 17.2 Å². The number of hydrogen-bond donors (Lipinski definition) is 3. The number of aromatic hydroxyl groups is 3.